The minimum Gasteiger partial charge on any atom is -0.497 e. The van der Waals surface area contributed by atoms with E-state index < -0.39 is 49.4 Å². The first kappa shape index (κ1) is 85.6. The van der Waals surface area contributed by atoms with E-state index in [0.717, 1.165) is 60.7 Å². The second-order valence-corrected chi connectivity index (χ2v) is 41.7. The summed E-state index contributed by atoms with van der Waals surface area (Å²) in [5.41, 5.74) is 7.78. The number of para-hydroxylation sites is 1. The van der Waals surface area contributed by atoms with Gasteiger partial charge in [-0.25, -0.2) is 8.78 Å². The molecule has 0 unspecified atom stereocenters. The first-order chi connectivity index (χ1) is 57.3. The number of hydrogen-bond donors (Lipinski definition) is 0. The lowest BCUT2D eigenvalue weighted by molar-refractivity contribution is 0.307. The van der Waals surface area contributed by atoms with Gasteiger partial charge in [-0.3, -0.25) is 0 Å². The van der Waals surface area contributed by atoms with Crippen LogP contribution in [0.5, 0.6) is 34.5 Å². The van der Waals surface area contributed by atoms with Crippen LogP contribution in [0.25, 0.3) is 0 Å². The van der Waals surface area contributed by atoms with Crippen LogP contribution in [-0.4, -0.2) is 64.1 Å². The van der Waals surface area contributed by atoms with Crippen molar-refractivity contribution in [2.24, 2.45) is 0 Å². The highest BCUT2D eigenvalue weighted by atomic mass is 32.2. The molecule has 118 heavy (non-hydrogen) atoms. The summed E-state index contributed by atoms with van der Waals surface area (Å²) in [7, 11) is 4.43. The minimum atomic E-state index is -1.42. The van der Waals surface area contributed by atoms with E-state index in [9.17, 15) is 8.78 Å². The fraction of sp³-hybridized carbons (Fsp3) is 0.115. The van der Waals surface area contributed by atoms with Crippen LogP contribution < -0.4 is 23.7 Å². The second kappa shape index (κ2) is 40.4. The van der Waals surface area contributed by atoms with E-state index in [-0.39, 0.29) is 11.6 Å². The highest BCUT2D eigenvalue weighted by Crippen LogP contribution is 2.41. The summed E-state index contributed by atoms with van der Waals surface area (Å²) < 4.78 is 64.5. The Labute approximate surface area is 703 Å². The van der Waals surface area contributed by atoms with Crippen LogP contribution in [0.4, 0.5) is 8.78 Å². The Kier molecular flexibility index (Phi) is 29.3. The van der Waals surface area contributed by atoms with E-state index in [1.54, 1.807) is 66.9 Å². The highest BCUT2D eigenvalue weighted by Gasteiger charge is 2.34. The third kappa shape index (κ3) is 21.0. The van der Waals surface area contributed by atoms with Gasteiger partial charge in [-0.1, -0.05) is 89.0 Å². The molecule has 7 nitrogen and oxygen atoms in total. The third-order valence-corrected chi connectivity index (χ3v) is 35.2. The van der Waals surface area contributed by atoms with Crippen LogP contribution in [0.15, 0.2) is 444 Å². The first-order valence-corrected chi connectivity index (χ1v) is 46.8. The molecule has 4 aliphatic heterocycles. The van der Waals surface area contributed by atoms with Gasteiger partial charge in [-0.2, -0.15) is 0 Å². The molecule has 0 aliphatic carbocycles. The van der Waals surface area contributed by atoms with Gasteiger partial charge in [0.2, 0.25) is 0 Å². The quantitative estimate of drug-likeness (QED) is 0.0590. The minimum absolute atomic E-state index is 0.280. The number of benzene rings is 12. The average Bonchev–Trinajstić information content (AvgIpc) is 0.782. The topological polar surface area (TPSA) is 64.6 Å². The van der Waals surface area contributed by atoms with Crippen molar-refractivity contribution < 1.29 is 41.9 Å². The van der Waals surface area contributed by atoms with Gasteiger partial charge in [0.1, 0.15) is 96.8 Å². The summed E-state index contributed by atoms with van der Waals surface area (Å²) in [4.78, 5) is 13.6. The zero-order chi connectivity index (χ0) is 83.1. The van der Waals surface area contributed by atoms with Gasteiger partial charge in [0, 0.05) is 24.3 Å². The number of hydrogen-bond acceptors (Lipinski definition) is 7. The number of allylic oxidation sites excluding steroid dienone is 10. The molecule has 0 atom stereocenters. The van der Waals surface area contributed by atoms with Crippen LogP contribution in [0.2, 0.25) is 0 Å². The molecule has 0 saturated heterocycles. The van der Waals surface area contributed by atoms with Crippen LogP contribution >= 0.6 is 0 Å². The van der Waals surface area contributed by atoms with Crippen molar-refractivity contribution in [1.29, 1.82) is 0 Å². The number of methoxy groups -OCH3 is 6. The third-order valence-electron chi connectivity index (χ3n) is 20.0. The number of rotatable bonds is 19. The molecule has 0 radical (unpaired) electrons. The largest absolute Gasteiger partial charge is 0.497 e. The van der Waals surface area contributed by atoms with Gasteiger partial charge in [0.25, 0.3) is 0 Å². The summed E-state index contributed by atoms with van der Waals surface area (Å²) in [5, 5.41) is 18.6. The Bertz CT molecular complexity index is 5640. The smallest absolute Gasteiger partial charge is 0.166 e. The SMILES string of the molecule is CC1=CC=[S+](c2ccc(C)cc2)(c2ccc(C)cc2)C=C1.COC1=CC=[S+](c2ccc(C)cc2)(c2ccc(C)cc2)C=C1.COC1=CC=[S+](c2ccc(OC)cc2)(c2ccc(OC)cc2)C=C1.COc1ccc([S+]2(c3ccc(OC)cc3)=CC=C(C)C=C2)cc1.Fc1ccc([S+](c2ccc(F)cc2)c2ccc(Oc3ccccc3)cc2)cc1. The predicted molar refractivity (Wildman–Crippen MR) is 499 cm³/mol. The molecule has 0 saturated carbocycles. The maximum absolute atomic E-state index is 13.4. The Balaban J connectivity index is 0.000000136. The summed E-state index contributed by atoms with van der Waals surface area (Å²) in [6, 6.07) is 99.3. The van der Waals surface area contributed by atoms with Gasteiger partial charge in [0.05, 0.1) is 96.7 Å². The van der Waals surface area contributed by atoms with Gasteiger partial charge >= 0.3 is 0 Å². The molecule has 4 heterocycles. The average molecular weight is 1660 g/mol. The molecule has 14 heteroatoms. The molecule has 0 N–H and O–H groups in total. The van der Waals surface area contributed by atoms with Crippen LogP contribution in [0, 0.1) is 39.3 Å². The van der Waals surface area contributed by atoms with Gasteiger partial charge in [-0.15, -0.1) is 0 Å². The fourth-order valence-electron chi connectivity index (χ4n) is 13.1. The molecule has 12 aromatic carbocycles. The van der Waals surface area contributed by atoms with Crippen molar-refractivity contribution in [3.63, 3.8) is 0 Å². The Morgan fingerprint density at radius 2 is 0.458 bits per heavy atom. The Morgan fingerprint density at radius 1 is 0.229 bits per heavy atom. The van der Waals surface area contributed by atoms with Crippen molar-refractivity contribution in [2.75, 3.05) is 42.7 Å². The molecular formula is C104H101F2O7S5+5. The lowest BCUT2D eigenvalue weighted by Gasteiger charge is -2.19. The van der Waals surface area contributed by atoms with Gasteiger partial charge < -0.3 is 33.2 Å². The van der Waals surface area contributed by atoms with E-state index in [0.29, 0.717) is 0 Å². The number of halogens is 2. The highest BCUT2D eigenvalue weighted by molar-refractivity contribution is 8.16. The zero-order valence-electron chi connectivity index (χ0n) is 68.7. The molecule has 16 rings (SSSR count). The van der Waals surface area contributed by atoms with Crippen LogP contribution in [0.1, 0.15) is 36.1 Å². The van der Waals surface area contributed by atoms with Crippen molar-refractivity contribution in [3.05, 3.63) is 424 Å². The molecular weight excluding hydrogens is 1560 g/mol. The molecule has 598 valence electrons. The maximum atomic E-state index is 13.4. The lowest BCUT2D eigenvalue weighted by Crippen LogP contribution is -2.15. The van der Waals surface area contributed by atoms with Crippen LogP contribution in [-0.2, 0) is 58.8 Å². The second-order valence-electron chi connectivity index (χ2n) is 28.0. The first-order valence-electron chi connectivity index (χ1n) is 38.5. The van der Waals surface area contributed by atoms with Crippen molar-refractivity contribution in [3.8, 4) is 34.5 Å². The molecule has 0 fully saturated rings. The lowest BCUT2D eigenvalue weighted by atomic mass is 10.2. The number of ether oxygens (including phenoxy) is 7. The Morgan fingerprint density at radius 3 is 0.686 bits per heavy atom. The summed E-state index contributed by atoms with van der Waals surface area (Å²) in [5.74, 6) is 6.18. The zero-order valence-corrected chi connectivity index (χ0v) is 72.8. The summed E-state index contributed by atoms with van der Waals surface area (Å²) >= 11 is 0. The van der Waals surface area contributed by atoms with E-state index in [4.69, 9.17) is 33.2 Å². The summed E-state index contributed by atoms with van der Waals surface area (Å²) in [6.45, 7) is 12.8. The van der Waals surface area contributed by atoms with Crippen molar-refractivity contribution >= 4 is 70.8 Å². The van der Waals surface area contributed by atoms with E-state index in [1.807, 2.05) is 115 Å². The Hall–Kier alpha value is -11.8. The fourth-order valence-corrected chi connectivity index (χ4v) is 26.9. The van der Waals surface area contributed by atoms with E-state index in [2.05, 4.69) is 267 Å². The van der Waals surface area contributed by atoms with E-state index >= 15 is 0 Å². The standard InChI is InChI=1S/C24H17F2OS.C20H21O3S.C20H21O2S.C20H21OS.C20H21S/c25-18-6-12-22(13-7-18)28(23-14-8-19(26)9-15-23)24-16-10-21(11-17-24)27-20-4-2-1-3-5-20;1-21-16-4-8-19(9-5-16)24(14-12-18(23-3)13-15-24)20-10-6-17(22-2)7-11-20;1-16-12-14-23(15-13-16,19-8-4-17(21-2)5-9-19)20-10-6-18(22-3)7-11-20;1-16-4-8-19(9-5-16)22(14-12-18(21-3)13-15-22)20-10-6-17(2)7-11-20;1-16-4-8-19(9-5-16)21(14-12-18(3)13-15-21)20-10-6-17(2)7-11-20/h1-17H;4-15H,1-3H3;4-15H,1-3H3;4-15H,1-3H3;4-15H,1-3H3/q5*+1. The van der Waals surface area contributed by atoms with Crippen LogP contribution in [0.3, 0.4) is 0 Å². The molecule has 0 amide bonds. The molecule has 0 spiro atoms. The van der Waals surface area contributed by atoms with Crippen molar-refractivity contribution in [2.45, 2.75) is 95.4 Å². The monoisotopic (exact) mass is 1660 g/mol. The normalized spacial score (nSPS) is 14.5. The maximum Gasteiger partial charge on any atom is 0.166 e. The molecule has 0 aromatic heterocycles. The van der Waals surface area contributed by atoms with Gasteiger partial charge in [0.15, 0.2) is 14.7 Å². The number of aryl methyl sites for hydroxylation is 4. The molecule has 0 bridgehead atoms. The van der Waals surface area contributed by atoms with Gasteiger partial charge in [-0.05, 0) is 346 Å². The molecule has 4 aliphatic rings. The van der Waals surface area contributed by atoms with E-state index in [1.165, 1.54) is 96.8 Å². The van der Waals surface area contributed by atoms with Crippen molar-refractivity contribution in [1.82, 2.24) is 0 Å². The predicted octanol–water partition coefficient (Wildman–Crippen LogP) is 25.4. The summed E-state index contributed by atoms with van der Waals surface area (Å²) in [6.07, 6.45) is 17.2. The molecule has 12 aromatic rings.